The van der Waals surface area contributed by atoms with Crippen molar-refractivity contribution in [2.45, 2.75) is 38.6 Å². The van der Waals surface area contributed by atoms with E-state index >= 15 is 0 Å². The van der Waals surface area contributed by atoms with E-state index in [4.69, 9.17) is 4.74 Å². The van der Waals surface area contributed by atoms with E-state index in [2.05, 4.69) is 30.6 Å². The van der Waals surface area contributed by atoms with Crippen molar-refractivity contribution in [3.8, 4) is 11.3 Å². The molecule has 6 rings (SSSR count). The molecule has 0 aliphatic carbocycles. The highest BCUT2D eigenvalue weighted by Crippen LogP contribution is 2.34. The van der Waals surface area contributed by atoms with Crippen LogP contribution in [0.5, 0.6) is 0 Å². The molecule has 1 saturated heterocycles. The summed E-state index contributed by atoms with van der Waals surface area (Å²) in [4.78, 5) is 31.0. The third-order valence-corrected chi connectivity index (χ3v) is 7.09. The predicted molar refractivity (Wildman–Crippen MR) is 151 cm³/mol. The van der Waals surface area contributed by atoms with Gasteiger partial charge in [-0.25, -0.2) is 19.9 Å². The molecule has 3 aromatic heterocycles. The van der Waals surface area contributed by atoms with Crippen molar-refractivity contribution in [2.75, 3.05) is 17.2 Å². The molecule has 4 heterocycles. The number of anilines is 3. The fourth-order valence-electron chi connectivity index (χ4n) is 4.90. The van der Waals surface area contributed by atoms with Gasteiger partial charge < -0.3 is 15.4 Å². The first kappa shape index (κ1) is 27.3. The normalized spacial score (nSPS) is 15.5. The van der Waals surface area contributed by atoms with E-state index in [1.165, 1.54) is 18.5 Å². The summed E-state index contributed by atoms with van der Waals surface area (Å²) in [6.45, 7) is 2.58. The third kappa shape index (κ3) is 5.53. The number of hydrogen-bond donors (Lipinski definition) is 2. The van der Waals surface area contributed by atoms with Gasteiger partial charge in [0.1, 0.15) is 29.6 Å². The molecule has 2 aromatic carbocycles. The maximum atomic E-state index is 13.1. The fourth-order valence-corrected chi connectivity index (χ4v) is 4.90. The average Bonchev–Trinajstić information content (AvgIpc) is 3.44. The molecule has 42 heavy (non-hydrogen) atoms. The first-order chi connectivity index (χ1) is 20.3. The number of pyridine rings is 1. The molecule has 1 aliphatic rings. The molecular weight excluding hydrogens is 547 g/mol. The zero-order valence-corrected chi connectivity index (χ0v) is 22.5. The summed E-state index contributed by atoms with van der Waals surface area (Å²) in [5, 5.41) is 6.01. The molecule has 12 heteroatoms. The van der Waals surface area contributed by atoms with E-state index in [-0.39, 0.29) is 11.8 Å². The second-order valence-electron chi connectivity index (χ2n) is 9.95. The number of nitrogens with one attached hydrogen (secondary N) is 2. The molecule has 9 nitrogen and oxygen atoms in total. The Morgan fingerprint density at radius 2 is 1.90 bits per heavy atom. The predicted octanol–water partition coefficient (Wildman–Crippen LogP) is 6.91. The van der Waals surface area contributed by atoms with Crippen LogP contribution < -0.4 is 10.6 Å². The molecule has 0 radical (unpaired) electrons. The molecule has 1 amide bonds. The van der Waals surface area contributed by atoms with Crippen LogP contribution in [0.1, 0.15) is 47.0 Å². The van der Waals surface area contributed by atoms with Gasteiger partial charge in [-0.1, -0.05) is 12.1 Å². The van der Waals surface area contributed by atoms with Crippen LogP contribution in [0, 0.1) is 6.92 Å². The lowest BCUT2D eigenvalue weighted by Crippen LogP contribution is -2.17. The van der Waals surface area contributed by atoms with Gasteiger partial charge in [-0.2, -0.15) is 13.2 Å². The van der Waals surface area contributed by atoms with Gasteiger partial charge in [-0.3, -0.25) is 9.36 Å². The molecule has 0 saturated carbocycles. The van der Waals surface area contributed by atoms with Gasteiger partial charge >= 0.3 is 6.18 Å². The smallest absolute Gasteiger partial charge is 0.358 e. The van der Waals surface area contributed by atoms with Crippen LogP contribution in [0.25, 0.3) is 22.4 Å². The molecule has 1 atom stereocenters. The Morgan fingerprint density at radius 1 is 1.02 bits per heavy atom. The number of alkyl halides is 3. The molecule has 1 unspecified atom stereocenters. The van der Waals surface area contributed by atoms with Crippen molar-refractivity contribution in [3.63, 3.8) is 0 Å². The summed E-state index contributed by atoms with van der Waals surface area (Å²) >= 11 is 0. The number of carbonyl (C=O) groups is 1. The number of nitrogens with zero attached hydrogens (tertiary/aromatic N) is 5. The van der Waals surface area contributed by atoms with E-state index < -0.39 is 17.6 Å². The summed E-state index contributed by atoms with van der Waals surface area (Å²) in [6, 6.07) is 13.1. The number of halogens is 3. The number of aromatic nitrogens is 5. The first-order valence-electron chi connectivity index (χ1n) is 13.4. The lowest BCUT2D eigenvalue weighted by atomic mass is 10.1. The molecule has 1 aliphatic heterocycles. The van der Waals surface area contributed by atoms with E-state index in [1.54, 1.807) is 36.8 Å². The highest BCUT2D eigenvalue weighted by atomic mass is 19.4. The minimum absolute atomic E-state index is 0.0993. The number of carbonyl (C=O) groups excluding carboxylic acids is 1. The van der Waals surface area contributed by atoms with E-state index in [0.29, 0.717) is 46.2 Å². The van der Waals surface area contributed by atoms with E-state index in [1.807, 2.05) is 17.6 Å². The zero-order valence-electron chi connectivity index (χ0n) is 22.5. The van der Waals surface area contributed by atoms with Gasteiger partial charge in [0.15, 0.2) is 5.65 Å². The Labute approximate surface area is 238 Å². The number of amides is 1. The fraction of sp³-hybridized carbons (Fsp3) is 0.233. The number of hydrogen-bond acceptors (Lipinski definition) is 7. The summed E-state index contributed by atoms with van der Waals surface area (Å²) < 4.78 is 47.3. The standard InChI is InChI=1S/C30H26F3N7O2/c1-18-10-11-21(38-29(41)19-6-4-7-20(14-19)30(31,32)33)15-23(18)39-27-22(8-5-12-34-27)25-26-28(36-16-35-25)40(17-37-26)24-9-2-3-13-42-24/h4-8,10-12,14-17,24H,2-3,9,13H2,1H3,(H,34,39)(H,38,41). The minimum Gasteiger partial charge on any atom is -0.358 e. The topological polar surface area (TPSA) is 107 Å². The maximum absolute atomic E-state index is 13.1. The highest BCUT2D eigenvalue weighted by Gasteiger charge is 2.31. The Hall–Kier alpha value is -4.84. The molecule has 5 aromatic rings. The largest absolute Gasteiger partial charge is 0.416 e. The van der Waals surface area contributed by atoms with Crippen molar-refractivity contribution >= 4 is 34.3 Å². The molecule has 1 fully saturated rings. The second kappa shape index (κ2) is 11.2. The van der Waals surface area contributed by atoms with Crippen LogP contribution in [0.3, 0.4) is 0 Å². The monoisotopic (exact) mass is 573 g/mol. The molecule has 214 valence electrons. The van der Waals surface area contributed by atoms with Crippen LogP contribution in [-0.2, 0) is 10.9 Å². The highest BCUT2D eigenvalue weighted by molar-refractivity contribution is 6.04. The summed E-state index contributed by atoms with van der Waals surface area (Å²) in [5.41, 5.74) is 3.47. The number of aryl methyl sites for hydroxylation is 1. The van der Waals surface area contributed by atoms with Crippen molar-refractivity contribution in [1.29, 1.82) is 0 Å². The molecule has 0 spiro atoms. The van der Waals surface area contributed by atoms with Crippen LogP contribution in [0.4, 0.5) is 30.4 Å². The molecule has 0 bridgehead atoms. The number of imidazole rings is 1. The summed E-state index contributed by atoms with van der Waals surface area (Å²) in [7, 11) is 0. The van der Waals surface area contributed by atoms with Gasteiger partial charge in [0.05, 0.1) is 11.9 Å². The van der Waals surface area contributed by atoms with Crippen LogP contribution >= 0.6 is 0 Å². The lowest BCUT2D eigenvalue weighted by Gasteiger charge is -2.23. The van der Waals surface area contributed by atoms with Crippen molar-refractivity contribution in [3.05, 3.63) is 90.1 Å². The van der Waals surface area contributed by atoms with Gasteiger partial charge in [0.2, 0.25) is 0 Å². The molecular formula is C30H26F3N7O2. The number of ether oxygens (including phenoxy) is 1. The van der Waals surface area contributed by atoms with Gasteiger partial charge in [-0.15, -0.1) is 0 Å². The van der Waals surface area contributed by atoms with E-state index in [9.17, 15) is 18.0 Å². The Bertz CT molecular complexity index is 1760. The van der Waals surface area contributed by atoms with Crippen molar-refractivity contribution in [2.24, 2.45) is 0 Å². The number of benzene rings is 2. The number of rotatable bonds is 6. The van der Waals surface area contributed by atoms with Crippen LogP contribution in [-0.4, -0.2) is 37.0 Å². The Morgan fingerprint density at radius 3 is 2.71 bits per heavy atom. The Kier molecular flexibility index (Phi) is 7.29. The van der Waals surface area contributed by atoms with Gasteiger partial charge in [0, 0.05) is 35.3 Å². The third-order valence-electron chi connectivity index (χ3n) is 7.09. The lowest BCUT2D eigenvalue weighted by molar-refractivity contribution is -0.137. The van der Waals surface area contributed by atoms with Crippen LogP contribution in [0.2, 0.25) is 0 Å². The average molecular weight is 574 g/mol. The maximum Gasteiger partial charge on any atom is 0.416 e. The summed E-state index contributed by atoms with van der Waals surface area (Å²) in [5.74, 6) is -0.152. The SMILES string of the molecule is Cc1ccc(NC(=O)c2cccc(C(F)(F)F)c2)cc1Nc1ncccc1-c1ncnc2c1ncn2C1CCCCO1. The van der Waals surface area contributed by atoms with Crippen molar-refractivity contribution < 1.29 is 22.7 Å². The second-order valence-corrected chi connectivity index (χ2v) is 9.95. The van der Waals surface area contributed by atoms with Crippen LogP contribution in [0.15, 0.2) is 73.4 Å². The minimum atomic E-state index is -4.55. The first-order valence-corrected chi connectivity index (χ1v) is 13.4. The van der Waals surface area contributed by atoms with E-state index in [0.717, 1.165) is 37.0 Å². The van der Waals surface area contributed by atoms with Gasteiger partial charge in [-0.05, 0) is 74.2 Å². The zero-order chi connectivity index (χ0) is 29.3. The quantitative estimate of drug-likeness (QED) is 0.227. The number of fused-ring (bicyclic) bond motifs is 1. The Balaban J connectivity index is 1.28. The molecule has 2 N–H and O–H groups in total. The summed E-state index contributed by atoms with van der Waals surface area (Å²) in [6.07, 6.45) is 3.16. The van der Waals surface area contributed by atoms with Crippen molar-refractivity contribution in [1.82, 2.24) is 24.5 Å². The van der Waals surface area contributed by atoms with Gasteiger partial charge in [0.25, 0.3) is 5.91 Å².